The third kappa shape index (κ3) is 3.17. The average Bonchev–Trinajstić information content (AvgIpc) is 3.15. The Hall–Kier alpha value is -3.84. The monoisotopic (exact) mass is 397 g/mol. The Morgan fingerprint density at radius 1 is 1.03 bits per heavy atom. The molecule has 1 aliphatic heterocycles. The number of nitrogens with zero attached hydrogens (tertiary/aromatic N) is 5. The highest BCUT2D eigenvalue weighted by Crippen LogP contribution is 2.36. The standard InChI is InChI=1S/C19H14F3N7/c20-19(21,22)13-3-7-14(8-4-13)27-11-28(25)17(24)16-10-26-29(18(16)27)15-5-1-12(9-23)2-6-15/h1-8,10,24H,11,25H2. The SMILES string of the molecule is N#Cc1ccc(-n2ncc3c2N(c2ccc(C(F)(F)F)cc2)CN(N)C3=N)cc1. The van der Waals surface area contributed by atoms with Crippen molar-refractivity contribution in [3.63, 3.8) is 0 Å². The highest BCUT2D eigenvalue weighted by Gasteiger charge is 2.33. The molecule has 0 saturated heterocycles. The molecule has 2 aromatic carbocycles. The first-order valence-corrected chi connectivity index (χ1v) is 8.44. The molecule has 0 spiro atoms. The number of benzene rings is 2. The first-order chi connectivity index (χ1) is 13.8. The molecule has 10 heteroatoms. The summed E-state index contributed by atoms with van der Waals surface area (Å²) in [4.78, 5) is 1.68. The quantitative estimate of drug-likeness (QED) is 0.646. The van der Waals surface area contributed by atoms with Gasteiger partial charge in [0.25, 0.3) is 0 Å². The number of hydrogen-bond donors (Lipinski definition) is 2. The number of halogens is 3. The van der Waals surface area contributed by atoms with E-state index in [9.17, 15) is 13.2 Å². The van der Waals surface area contributed by atoms with Gasteiger partial charge < -0.3 is 4.90 Å². The fourth-order valence-corrected chi connectivity index (χ4v) is 3.11. The molecule has 2 heterocycles. The molecule has 29 heavy (non-hydrogen) atoms. The lowest BCUT2D eigenvalue weighted by atomic mass is 10.1. The van der Waals surface area contributed by atoms with Crippen molar-refractivity contribution in [2.45, 2.75) is 6.18 Å². The summed E-state index contributed by atoms with van der Waals surface area (Å²) in [5.74, 6) is 6.47. The summed E-state index contributed by atoms with van der Waals surface area (Å²) in [6, 6.07) is 13.4. The molecule has 146 valence electrons. The van der Waals surface area contributed by atoms with Gasteiger partial charge in [-0.25, -0.2) is 10.5 Å². The van der Waals surface area contributed by atoms with E-state index in [0.717, 1.165) is 12.1 Å². The third-order valence-corrected chi connectivity index (χ3v) is 4.58. The van der Waals surface area contributed by atoms with Gasteiger partial charge in [-0.05, 0) is 48.5 Å². The van der Waals surface area contributed by atoms with Gasteiger partial charge in [-0.15, -0.1) is 0 Å². The van der Waals surface area contributed by atoms with Gasteiger partial charge in [0.2, 0.25) is 0 Å². The number of fused-ring (bicyclic) bond motifs is 1. The molecule has 0 unspecified atom stereocenters. The molecule has 1 aromatic heterocycles. The van der Waals surface area contributed by atoms with E-state index in [1.165, 1.54) is 23.3 Å². The minimum absolute atomic E-state index is 0.0445. The second-order valence-electron chi connectivity index (χ2n) is 6.38. The zero-order valence-electron chi connectivity index (χ0n) is 14.9. The molecule has 7 nitrogen and oxygen atoms in total. The largest absolute Gasteiger partial charge is 0.416 e. The minimum atomic E-state index is -4.43. The molecule has 0 atom stereocenters. The van der Waals surface area contributed by atoms with Crippen molar-refractivity contribution in [1.82, 2.24) is 14.8 Å². The van der Waals surface area contributed by atoms with Crippen LogP contribution in [0.2, 0.25) is 0 Å². The summed E-state index contributed by atoms with van der Waals surface area (Å²) >= 11 is 0. The number of alkyl halides is 3. The Morgan fingerprint density at radius 2 is 1.66 bits per heavy atom. The van der Waals surface area contributed by atoms with Crippen molar-refractivity contribution in [1.29, 1.82) is 10.7 Å². The second-order valence-corrected chi connectivity index (χ2v) is 6.38. The first kappa shape index (κ1) is 18.5. The highest BCUT2D eigenvalue weighted by atomic mass is 19.4. The van der Waals surface area contributed by atoms with E-state index < -0.39 is 11.7 Å². The molecule has 0 bridgehead atoms. The van der Waals surface area contributed by atoms with E-state index in [1.54, 1.807) is 33.8 Å². The normalized spacial score (nSPS) is 14.0. The Labute approximate surface area is 163 Å². The Morgan fingerprint density at radius 3 is 2.24 bits per heavy atom. The minimum Gasteiger partial charge on any atom is -0.306 e. The number of hydrogen-bond acceptors (Lipinski definition) is 5. The number of hydrazine groups is 1. The van der Waals surface area contributed by atoms with Gasteiger partial charge in [0.05, 0.1) is 34.6 Å². The maximum Gasteiger partial charge on any atom is 0.416 e. The molecule has 1 aliphatic rings. The molecule has 0 saturated carbocycles. The Bertz CT molecular complexity index is 1110. The summed E-state index contributed by atoms with van der Waals surface area (Å²) < 4.78 is 40.3. The number of rotatable bonds is 2. The number of nitrogens with one attached hydrogen (secondary N) is 1. The fourth-order valence-electron chi connectivity index (χ4n) is 3.11. The predicted octanol–water partition coefficient (Wildman–Crippen LogP) is 3.37. The van der Waals surface area contributed by atoms with E-state index in [4.69, 9.17) is 16.5 Å². The number of anilines is 2. The number of amidine groups is 1. The zero-order chi connectivity index (χ0) is 20.8. The third-order valence-electron chi connectivity index (χ3n) is 4.58. The second kappa shape index (κ2) is 6.65. The lowest BCUT2D eigenvalue weighted by molar-refractivity contribution is -0.137. The van der Waals surface area contributed by atoms with Crippen LogP contribution in [-0.2, 0) is 6.18 Å². The molecule has 4 rings (SSSR count). The van der Waals surface area contributed by atoms with Crippen LogP contribution in [0.15, 0.2) is 54.7 Å². The summed E-state index contributed by atoms with van der Waals surface area (Å²) in [5, 5.41) is 22.7. The van der Waals surface area contributed by atoms with Crippen LogP contribution < -0.4 is 10.7 Å². The van der Waals surface area contributed by atoms with Crippen LogP contribution in [0, 0.1) is 16.7 Å². The number of nitrogens with two attached hydrogens (primary N) is 1. The van der Waals surface area contributed by atoms with Crippen molar-refractivity contribution < 1.29 is 13.2 Å². The molecular weight excluding hydrogens is 383 g/mol. The number of nitriles is 1. The maximum atomic E-state index is 12.9. The van der Waals surface area contributed by atoms with Crippen LogP contribution in [-0.4, -0.2) is 27.3 Å². The van der Waals surface area contributed by atoms with Gasteiger partial charge in [-0.3, -0.25) is 10.4 Å². The molecule has 0 radical (unpaired) electrons. The molecule has 0 amide bonds. The van der Waals surface area contributed by atoms with E-state index in [-0.39, 0.29) is 12.5 Å². The van der Waals surface area contributed by atoms with Crippen LogP contribution >= 0.6 is 0 Å². The van der Waals surface area contributed by atoms with Crippen molar-refractivity contribution in [2.24, 2.45) is 5.84 Å². The van der Waals surface area contributed by atoms with Crippen molar-refractivity contribution in [3.8, 4) is 11.8 Å². The molecule has 3 aromatic rings. The van der Waals surface area contributed by atoms with E-state index >= 15 is 0 Å². The van der Waals surface area contributed by atoms with Crippen LogP contribution in [0.25, 0.3) is 5.69 Å². The smallest absolute Gasteiger partial charge is 0.306 e. The maximum absolute atomic E-state index is 12.9. The van der Waals surface area contributed by atoms with E-state index in [1.807, 2.05) is 6.07 Å². The number of aromatic nitrogens is 2. The lowest BCUT2D eigenvalue weighted by Crippen LogP contribution is -2.49. The molecule has 0 fully saturated rings. The van der Waals surface area contributed by atoms with Crippen molar-refractivity contribution in [2.75, 3.05) is 11.6 Å². The Kier molecular flexibility index (Phi) is 4.24. The van der Waals surface area contributed by atoms with Crippen molar-refractivity contribution in [3.05, 3.63) is 71.4 Å². The van der Waals surface area contributed by atoms with Gasteiger partial charge >= 0.3 is 6.18 Å². The van der Waals surface area contributed by atoms with Gasteiger partial charge in [0.1, 0.15) is 18.3 Å². The summed E-state index contributed by atoms with van der Waals surface area (Å²) in [6.45, 7) is 0.0547. The van der Waals surface area contributed by atoms with Gasteiger partial charge in [0.15, 0.2) is 0 Å². The molecule has 0 aliphatic carbocycles. The van der Waals surface area contributed by atoms with Crippen LogP contribution in [0.4, 0.5) is 24.7 Å². The van der Waals surface area contributed by atoms with E-state index in [2.05, 4.69) is 5.10 Å². The first-order valence-electron chi connectivity index (χ1n) is 8.44. The summed E-state index contributed by atoms with van der Waals surface area (Å²) in [5.41, 5.74) is 1.27. The topological polar surface area (TPSA) is 98.0 Å². The molecule has 3 N–H and O–H groups in total. The van der Waals surface area contributed by atoms with Gasteiger partial charge in [0, 0.05) is 5.69 Å². The summed E-state index contributed by atoms with van der Waals surface area (Å²) in [7, 11) is 0. The molecular formula is C19H14F3N7. The zero-order valence-corrected chi connectivity index (χ0v) is 14.9. The summed E-state index contributed by atoms with van der Waals surface area (Å²) in [6.07, 6.45) is -2.95. The lowest BCUT2D eigenvalue weighted by Gasteiger charge is -2.36. The van der Waals surface area contributed by atoms with Crippen LogP contribution in [0.5, 0.6) is 0 Å². The van der Waals surface area contributed by atoms with Crippen LogP contribution in [0.3, 0.4) is 0 Å². The Balaban J connectivity index is 1.82. The fraction of sp³-hybridized carbons (Fsp3) is 0.105. The van der Waals surface area contributed by atoms with E-state index in [0.29, 0.717) is 28.3 Å². The predicted molar refractivity (Wildman–Crippen MR) is 99.6 cm³/mol. The van der Waals surface area contributed by atoms with Crippen molar-refractivity contribution >= 4 is 17.3 Å². The highest BCUT2D eigenvalue weighted by molar-refractivity contribution is 6.03. The average molecular weight is 397 g/mol. The van der Waals surface area contributed by atoms with Crippen LogP contribution in [0.1, 0.15) is 16.7 Å². The van der Waals surface area contributed by atoms with Gasteiger partial charge in [-0.1, -0.05) is 0 Å². The van der Waals surface area contributed by atoms with Gasteiger partial charge in [-0.2, -0.15) is 23.5 Å².